The molecule has 3 heterocycles. The molecule has 2 aliphatic rings. The average molecular weight is 413 g/mol. The van der Waals surface area contributed by atoms with Crippen LogP contribution >= 0.6 is 0 Å². The fraction of sp³-hybridized carbons (Fsp3) is 0.455. The van der Waals surface area contributed by atoms with Gasteiger partial charge in [-0.05, 0) is 25.0 Å². The number of piperidine rings is 1. The minimum absolute atomic E-state index is 0.107. The number of anilines is 1. The fourth-order valence-electron chi connectivity index (χ4n) is 4.51. The maximum Gasteiger partial charge on any atom is 0.322 e. The van der Waals surface area contributed by atoms with Crippen LogP contribution in [0.2, 0.25) is 0 Å². The molecule has 0 saturated carbocycles. The number of carbonyl (C=O) groups excluding carboxylic acids is 1. The number of nitrogens with one attached hydrogen (secondary N) is 1. The van der Waals surface area contributed by atoms with Crippen molar-refractivity contribution in [3.63, 3.8) is 0 Å². The second-order valence-corrected chi connectivity index (χ2v) is 7.53. The Morgan fingerprint density at radius 2 is 1.60 bits per heavy atom. The number of ether oxygens (including phenoxy) is 4. The van der Waals surface area contributed by atoms with E-state index in [2.05, 4.69) is 10.3 Å². The van der Waals surface area contributed by atoms with Gasteiger partial charge in [0.1, 0.15) is 11.9 Å². The van der Waals surface area contributed by atoms with Crippen LogP contribution in [0.25, 0.3) is 0 Å². The zero-order valence-corrected chi connectivity index (χ0v) is 17.5. The molecule has 1 aromatic carbocycles. The molecule has 2 bridgehead atoms. The lowest BCUT2D eigenvalue weighted by atomic mass is 10.00. The van der Waals surface area contributed by atoms with E-state index in [-0.39, 0.29) is 24.2 Å². The predicted octanol–water partition coefficient (Wildman–Crippen LogP) is 3.71. The Morgan fingerprint density at radius 3 is 2.13 bits per heavy atom. The van der Waals surface area contributed by atoms with Crippen LogP contribution in [-0.2, 0) is 0 Å². The summed E-state index contributed by atoms with van der Waals surface area (Å²) >= 11 is 0. The number of nitrogens with zero attached hydrogens (tertiary/aromatic N) is 2. The van der Waals surface area contributed by atoms with Gasteiger partial charge in [0, 0.05) is 49.5 Å². The van der Waals surface area contributed by atoms with Crippen molar-refractivity contribution in [3.05, 3.63) is 36.7 Å². The summed E-state index contributed by atoms with van der Waals surface area (Å²) in [7, 11) is 4.65. The fourth-order valence-corrected chi connectivity index (χ4v) is 4.51. The zero-order chi connectivity index (χ0) is 21.1. The molecule has 1 N–H and O–H groups in total. The van der Waals surface area contributed by atoms with E-state index < -0.39 is 0 Å². The summed E-state index contributed by atoms with van der Waals surface area (Å²) in [4.78, 5) is 19.1. The van der Waals surface area contributed by atoms with E-state index in [0.717, 1.165) is 31.4 Å². The number of carbonyl (C=O) groups is 1. The molecule has 0 spiro atoms. The number of hydrogen-bond acceptors (Lipinski definition) is 6. The number of urea groups is 1. The third-order valence-corrected chi connectivity index (χ3v) is 5.79. The quantitative estimate of drug-likeness (QED) is 0.777. The number of amides is 2. The Hall–Kier alpha value is -3.16. The molecular weight excluding hydrogens is 386 g/mol. The van der Waals surface area contributed by atoms with Crippen molar-refractivity contribution < 1.29 is 23.7 Å². The van der Waals surface area contributed by atoms with Crippen molar-refractivity contribution in [1.82, 2.24) is 9.88 Å². The van der Waals surface area contributed by atoms with Crippen LogP contribution in [0, 0.1) is 0 Å². The van der Waals surface area contributed by atoms with Crippen LogP contribution in [0.4, 0.5) is 10.5 Å². The first-order valence-corrected chi connectivity index (χ1v) is 10.1. The lowest BCUT2D eigenvalue weighted by molar-refractivity contribution is 0.0732. The number of pyridine rings is 1. The standard InChI is InChI=1S/C22H27N3O5/c1-27-19-10-14(11-20(28-2)21(19)29-3)24-22(26)25-15-4-5-16(25)13-18(12-15)30-17-6-8-23-9-7-17/h6-11,15-16,18H,4-5,12-13H2,1-3H3,(H,24,26). The van der Waals surface area contributed by atoms with Gasteiger partial charge in [0.2, 0.25) is 5.75 Å². The van der Waals surface area contributed by atoms with Gasteiger partial charge >= 0.3 is 6.03 Å². The molecule has 4 rings (SSSR count). The van der Waals surface area contributed by atoms with E-state index in [1.807, 2.05) is 17.0 Å². The Morgan fingerprint density at radius 1 is 1.00 bits per heavy atom. The second kappa shape index (κ2) is 8.69. The summed E-state index contributed by atoms with van der Waals surface area (Å²) in [5.41, 5.74) is 0.601. The molecule has 30 heavy (non-hydrogen) atoms. The lowest BCUT2D eigenvalue weighted by Gasteiger charge is -2.38. The van der Waals surface area contributed by atoms with E-state index in [0.29, 0.717) is 22.9 Å². The Kier molecular flexibility index (Phi) is 5.83. The minimum atomic E-state index is -0.112. The Bertz CT molecular complexity index is 853. The van der Waals surface area contributed by atoms with Gasteiger partial charge in [-0.25, -0.2) is 4.79 Å². The SMILES string of the molecule is COc1cc(NC(=O)N2C3CCC2CC(Oc2ccncc2)C3)cc(OC)c1OC. The summed E-state index contributed by atoms with van der Waals surface area (Å²) in [6.45, 7) is 0. The van der Waals surface area contributed by atoms with Crippen molar-refractivity contribution in [1.29, 1.82) is 0 Å². The van der Waals surface area contributed by atoms with Gasteiger partial charge in [-0.1, -0.05) is 0 Å². The summed E-state index contributed by atoms with van der Waals surface area (Å²) in [6.07, 6.45) is 7.18. The molecule has 8 heteroatoms. The molecule has 2 saturated heterocycles. The van der Waals surface area contributed by atoms with E-state index in [1.54, 1.807) is 45.9 Å². The number of fused-ring (bicyclic) bond motifs is 2. The number of aromatic nitrogens is 1. The Balaban J connectivity index is 1.45. The van der Waals surface area contributed by atoms with Gasteiger partial charge in [-0.15, -0.1) is 0 Å². The van der Waals surface area contributed by atoms with Crippen LogP contribution < -0.4 is 24.3 Å². The molecule has 2 amide bonds. The van der Waals surface area contributed by atoms with E-state index >= 15 is 0 Å². The van der Waals surface area contributed by atoms with Gasteiger partial charge in [0.15, 0.2) is 11.5 Å². The molecule has 2 aliphatic heterocycles. The van der Waals surface area contributed by atoms with Crippen LogP contribution in [0.3, 0.4) is 0 Å². The maximum absolute atomic E-state index is 13.1. The van der Waals surface area contributed by atoms with E-state index in [9.17, 15) is 4.79 Å². The molecule has 2 aromatic rings. The van der Waals surface area contributed by atoms with Crippen molar-refractivity contribution in [2.24, 2.45) is 0 Å². The largest absolute Gasteiger partial charge is 0.493 e. The van der Waals surface area contributed by atoms with Gasteiger partial charge in [-0.2, -0.15) is 0 Å². The number of methoxy groups -OCH3 is 3. The highest BCUT2D eigenvalue weighted by molar-refractivity contribution is 5.91. The molecule has 2 unspecified atom stereocenters. The zero-order valence-electron chi connectivity index (χ0n) is 17.5. The third-order valence-electron chi connectivity index (χ3n) is 5.79. The van der Waals surface area contributed by atoms with Crippen molar-refractivity contribution >= 4 is 11.7 Å². The smallest absolute Gasteiger partial charge is 0.322 e. The van der Waals surface area contributed by atoms with Crippen LogP contribution in [0.1, 0.15) is 25.7 Å². The average Bonchev–Trinajstić information content (AvgIpc) is 3.04. The molecule has 0 radical (unpaired) electrons. The molecule has 160 valence electrons. The number of rotatable bonds is 6. The molecule has 8 nitrogen and oxygen atoms in total. The summed E-state index contributed by atoms with van der Waals surface area (Å²) in [5, 5.41) is 3.00. The first-order valence-electron chi connectivity index (χ1n) is 10.1. The first-order chi connectivity index (χ1) is 14.6. The summed E-state index contributed by atoms with van der Waals surface area (Å²) in [5.74, 6) is 2.32. The number of hydrogen-bond donors (Lipinski definition) is 1. The van der Waals surface area contributed by atoms with Gasteiger partial charge in [0.05, 0.1) is 27.0 Å². The maximum atomic E-state index is 13.1. The highest BCUT2D eigenvalue weighted by Crippen LogP contribution is 2.41. The monoisotopic (exact) mass is 413 g/mol. The molecule has 0 aliphatic carbocycles. The van der Waals surface area contributed by atoms with Crippen molar-refractivity contribution in [3.8, 4) is 23.0 Å². The lowest BCUT2D eigenvalue weighted by Crippen LogP contribution is -2.50. The number of benzene rings is 1. The summed E-state index contributed by atoms with van der Waals surface area (Å²) < 4.78 is 22.2. The highest BCUT2D eigenvalue weighted by Gasteiger charge is 2.44. The van der Waals surface area contributed by atoms with Gasteiger partial charge < -0.3 is 29.2 Å². The topological polar surface area (TPSA) is 82.2 Å². The molecule has 1 aromatic heterocycles. The van der Waals surface area contributed by atoms with Crippen molar-refractivity contribution in [2.45, 2.75) is 43.9 Å². The normalized spacial score (nSPS) is 22.4. The Labute approximate surface area is 176 Å². The van der Waals surface area contributed by atoms with Crippen molar-refractivity contribution in [2.75, 3.05) is 26.6 Å². The predicted molar refractivity (Wildman–Crippen MR) is 112 cm³/mol. The second-order valence-electron chi connectivity index (χ2n) is 7.53. The molecule has 2 atom stereocenters. The van der Waals surface area contributed by atoms with Crippen LogP contribution in [0.15, 0.2) is 36.7 Å². The van der Waals surface area contributed by atoms with Crippen LogP contribution in [0.5, 0.6) is 23.0 Å². The minimum Gasteiger partial charge on any atom is -0.493 e. The summed E-state index contributed by atoms with van der Waals surface area (Å²) in [6, 6.07) is 7.42. The van der Waals surface area contributed by atoms with Crippen LogP contribution in [-0.4, -0.2) is 55.4 Å². The highest BCUT2D eigenvalue weighted by atomic mass is 16.5. The van der Waals surface area contributed by atoms with E-state index in [4.69, 9.17) is 18.9 Å². The van der Waals surface area contributed by atoms with Gasteiger partial charge in [-0.3, -0.25) is 4.98 Å². The van der Waals surface area contributed by atoms with Gasteiger partial charge in [0.25, 0.3) is 0 Å². The molecular formula is C22H27N3O5. The first kappa shape index (κ1) is 20.1. The molecule has 2 fully saturated rings. The van der Waals surface area contributed by atoms with E-state index in [1.165, 1.54) is 0 Å². The third kappa shape index (κ3) is 3.94.